The van der Waals surface area contributed by atoms with Crippen LogP contribution >= 0.6 is 0 Å². The van der Waals surface area contributed by atoms with Gasteiger partial charge in [0.2, 0.25) is 5.90 Å². The van der Waals surface area contributed by atoms with Crippen molar-refractivity contribution < 1.29 is 18.7 Å². The number of benzene rings is 2. The predicted molar refractivity (Wildman–Crippen MR) is 89.5 cm³/mol. The van der Waals surface area contributed by atoms with Crippen LogP contribution in [0.25, 0.3) is 6.08 Å². The number of aryl methyl sites for hydroxylation is 2. The van der Waals surface area contributed by atoms with Gasteiger partial charge in [-0.1, -0.05) is 6.07 Å². The van der Waals surface area contributed by atoms with Gasteiger partial charge >= 0.3 is 5.97 Å². The minimum absolute atomic E-state index is 0.104. The van der Waals surface area contributed by atoms with Crippen LogP contribution in [0.3, 0.4) is 0 Å². The summed E-state index contributed by atoms with van der Waals surface area (Å²) in [6.07, 6.45) is 1.46. The quantitative estimate of drug-likeness (QED) is 0.637. The summed E-state index contributed by atoms with van der Waals surface area (Å²) in [4.78, 5) is 16.3. The van der Waals surface area contributed by atoms with E-state index >= 15 is 0 Å². The van der Waals surface area contributed by atoms with E-state index in [4.69, 9.17) is 9.47 Å². The molecular weight excluding hydrogens is 309 g/mol. The number of esters is 1. The number of methoxy groups -OCH3 is 1. The molecule has 0 radical (unpaired) electrons. The molecule has 0 spiro atoms. The molecule has 4 nitrogen and oxygen atoms in total. The molecule has 1 aliphatic rings. The van der Waals surface area contributed by atoms with E-state index in [-0.39, 0.29) is 11.6 Å². The van der Waals surface area contributed by atoms with E-state index < -0.39 is 11.8 Å². The fraction of sp³-hybridized carbons (Fsp3) is 0.158. The van der Waals surface area contributed by atoms with Crippen LogP contribution in [-0.4, -0.2) is 19.0 Å². The largest absolute Gasteiger partial charge is 0.496 e. The molecule has 0 saturated heterocycles. The Morgan fingerprint density at radius 1 is 1.12 bits per heavy atom. The summed E-state index contributed by atoms with van der Waals surface area (Å²) >= 11 is 0. The van der Waals surface area contributed by atoms with Gasteiger partial charge < -0.3 is 9.47 Å². The number of carbonyl (C=O) groups is 1. The smallest absolute Gasteiger partial charge is 0.363 e. The second kappa shape index (κ2) is 6.28. The first-order valence-electron chi connectivity index (χ1n) is 7.41. The fourth-order valence-electron chi connectivity index (χ4n) is 2.37. The van der Waals surface area contributed by atoms with Crippen molar-refractivity contribution in [1.29, 1.82) is 0 Å². The highest BCUT2D eigenvalue weighted by atomic mass is 19.1. The lowest BCUT2D eigenvalue weighted by molar-refractivity contribution is -0.129. The Morgan fingerprint density at radius 2 is 1.92 bits per heavy atom. The number of aliphatic imine (C=N–C) groups is 1. The molecule has 0 atom stereocenters. The highest BCUT2D eigenvalue weighted by molar-refractivity contribution is 6.13. The number of cyclic esters (lactones) is 1. The number of carbonyl (C=O) groups excluding carboxylic acids is 1. The lowest BCUT2D eigenvalue weighted by Gasteiger charge is -2.04. The third-order valence-electron chi connectivity index (χ3n) is 3.86. The van der Waals surface area contributed by atoms with Gasteiger partial charge in [-0.05, 0) is 61.4 Å². The van der Waals surface area contributed by atoms with E-state index in [0.717, 1.165) is 16.7 Å². The maximum absolute atomic E-state index is 13.4. The van der Waals surface area contributed by atoms with Crippen LogP contribution in [0.15, 0.2) is 47.1 Å². The Labute approximate surface area is 139 Å². The Balaban J connectivity index is 2.00. The molecule has 1 aliphatic heterocycles. The van der Waals surface area contributed by atoms with Crippen molar-refractivity contribution in [1.82, 2.24) is 0 Å². The van der Waals surface area contributed by atoms with Gasteiger partial charge in [0.15, 0.2) is 5.70 Å². The SMILES string of the molecule is COc1ccc(F)cc1/C=C1/N=C(c2ccc(C)c(C)c2)OC1=O. The first-order chi connectivity index (χ1) is 11.5. The van der Waals surface area contributed by atoms with Crippen molar-refractivity contribution in [3.63, 3.8) is 0 Å². The van der Waals surface area contributed by atoms with Gasteiger partial charge in [0.1, 0.15) is 11.6 Å². The molecule has 0 saturated carbocycles. The molecule has 0 bridgehead atoms. The summed E-state index contributed by atoms with van der Waals surface area (Å²) in [5, 5.41) is 0. The Morgan fingerprint density at radius 3 is 2.62 bits per heavy atom. The lowest BCUT2D eigenvalue weighted by atomic mass is 10.1. The molecule has 2 aromatic carbocycles. The van der Waals surface area contributed by atoms with E-state index in [1.54, 1.807) is 0 Å². The third kappa shape index (κ3) is 3.06. The van der Waals surface area contributed by atoms with Crippen LogP contribution in [0.2, 0.25) is 0 Å². The maximum atomic E-state index is 13.4. The van der Waals surface area contributed by atoms with E-state index in [2.05, 4.69) is 4.99 Å². The summed E-state index contributed by atoms with van der Waals surface area (Å²) < 4.78 is 23.9. The normalized spacial score (nSPS) is 15.4. The molecule has 1 heterocycles. The minimum Gasteiger partial charge on any atom is -0.496 e. The standard InChI is InChI=1S/C19H16FNO3/c1-11-4-5-13(8-12(11)2)18-21-16(19(22)24-18)10-14-9-15(20)6-7-17(14)23-3/h4-10H,1-3H3/b16-10+. The number of hydrogen-bond donors (Lipinski definition) is 0. The van der Waals surface area contributed by atoms with Crippen LogP contribution in [0, 0.1) is 19.7 Å². The predicted octanol–water partition coefficient (Wildman–Crippen LogP) is 3.80. The second-order valence-corrected chi connectivity index (χ2v) is 5.52. The zero-order chi connectivity index (χ0) is 17.3. The Hall–Kier alpha value is -2.95. The van der Waals surface area contributed by atoms with E-state index in [9.17, 15) is 9.18 Å². The van der Waals surface area contributed by atoms with Crippen molar-refractivity contribution in [2.24, 2.45) is 4.99 Å². The van der Waals surface area contributed by atoms with Crippen LogP contribution in [0.4, 0.5) is 4.39 Å². The molecule has 0 amide bonds. The van der Waals surface area contributed by atoms with E-state index in [1.807, 2.05) is 32.0 Å². The first-order valence-corrected chi connectivity index (χ1v) is 7.41. The molecule has 0 aliphatic carbocycles. The fourth-order valence-corrected chi connectivity index (χ4v) is 2.37. The molecule has 0 unspecified atom stereocenters. The highest BCUT2D eigenvalue weighted by Crippen LogP contribution is 2.25. The zero-order valence-electron chi connectivity index (χ0n) is 13.6. The molecule has 122 valence electrons. The van der Waals surface area contributed by atoms with Crippen molar-refractivity contribution in [2.75, 3.05) is 7.11 Å². The van der Waals surface area contributed by atoms with Crippen LogP contribution in [0.1, 0.15) is 22.3 Å². The van der Waals surface area contributed by atoms with Gasteiger partial charge in [-0.25, -0.2) is 14.2 Å². The monoisotopic (exact) mass is 325 g/mol. The van der Waals surface area contributed by atoms with Crippen molar-refractivity contribution >= 4 is 17.9 Å². The number of rotatable bonds is 3. The molecule has 5 heteroatoms. The Kier molecular flexibility index (Phi) is 4.16. The van der Waals surface area contributed by atoms with Gasteiger partial charge in [0.05, 0.1) is 7.11 Å². The third-order valence-corrected chi connectivity index (χ3v) is 3.86. The van der Waals surface area contributed by atoms with Gasteiger partial charge in [0.25, 0.3) is 0 Å². The topological polar surface area (TPSA) is 47.9 Å². The average Bonchev–Trinajstić information content (AvgIpc) is 2.91. The zero-order valence-corrected chi connectivity index (χ0v) is 13.6. The van der Waals surface area contributed by atoms with Gasteiger partial charge in [-0.2, -0.15) is 0 Å². The van der Waals surface area contributed by atoms with Crippen LogP contribution in [-0.2, 0) is 9.53 Å². The van der Waals surface area contributed by atoms with Crippen LogP contribution < -0.4 is 4.74 Å². The molecule has 24 heavy (non-hydrogen) atoms. The molecular formula is C19H16FNO3. The van der Waals surface area contributed by atoms with Crippen molar-refractivity contribution in [3.8, 4) is 5.75 Å². The summed E-state index contributed by atoms with van der Waals surface area (Å²) in [5.74, 6) is -0.307. The molecule has 2 aromatic rings. The van der Waals surface area contributed by atoms with Gasteiger partial charge in [0, 0.05) is 11.1 Å². The summed E-state index contributed by atoms with van der Waals surface area (Å²) in [5.41, 5.74) is 3.47. The lowest BCUT2D eigenvalue weighted by Crippen LogP contribution is -2.05. The highest BCUT2D eigenvalue weighted by Gasteiger charge is 2.24. The van der Waals surface area contributed by atoms with Crippen molar-refractivity contribution in [3.05, 3.63) is 70.2 Å². The van der Waals surface area contributed by atoms with Gasteiger partial charge in [-0.3, -0.25) is 0 Å². The number of hydrogen-bond acceptors (Lipinski definition) is 4. The number of halogens is 1. The van der Waals surface area contributed by atoms with E-state index in [1.165, 1.54) is 31.4 Å². The average molecular weight is 325 g/mol. The molecule has 0 fully saturated rings. The number of ether oxygens (including phenoxy) is 2. The summed E-state index contributed by atoms with van der Waals surface area (Å²) in [7, 11) is 1.48. The number of nitrogens with zero attached hydrogens (tertiary/aromatic N) is 1. The molecule has 0 aromatic heterocycles. The first kappa shape index (κ1) is 15.9. The van der Waals surface area contributed by atoms with Gasteiger partial charge in [-0.15, -0.1) is 0 Å². The van der Waals surface area contributed by atoms with Crippen molar-refractivity contribution in [2.45, 2.75) is 13.8 Å². The summed E-state index contributed by atoms with van der Waals surface area (Å²) in [6, 6.07) is 9.77. The van der Waals surface area contributed by atoms with E-state index in [0.29, 0.717) is 11.3 Å². The Bertz CT molecular complexity index is 884. The second-order valence-electron chi connectivity index (χ2n) is 5.52. The molecule has 0 N–H and O–H groups in total. The minimum atomic E-state index is -0.574. The van der Waals surface area contributed by atoms with Crippen LogP contribution in [0.5, 0.6) is 5.75 Å². The summed E-state index contributed by atoms with van der Waals surface area (Å²) in [6.45, 7) is 3.98. The maximum Gasteiger partial charge on any atom is 0.363 e. The molecule has 3 rings (SSSR count).